The van der Waals surface area contributed by atoms with Crippen LogP contribution in [0.2, 0.25) is 0 Å². The van der Waals surface area contributed by atoms with Gasteiger partial charge < -0.3 is 4.74 Å². The molecule has 0 bridgehead atoms. The quantitative estimate of drug-likeness (QED) is 0.591. The number of nitro benzene ring substituents is 1. The van der Waals surface area contributed by atoms with Gasteiger partial charge in [0.15, 0.2) is 0 Å². The zero-order valence-corrected chi connectivity index (χ0v) is 16.4. The highest BCUT2D eigenvalue weighted by molar-refractivity contribution is 7.89. The van der Waals surface area contributed by atoms with Crippen LogP contribution in [-0.2, 0) is 21.2 Å². The van der Waals surface area contributed by atoms with Crippen molar-refractivity contribution >= 4 is 27.1 Å². The van der Waals surface area contributed by atoms with Crippen LogP contribution in [0.1, 0.15) is 17.5 Å². The van der Waals surface area contributed by atoms with Crippen molar-refractivity contribution in [1.29, 1.82) is 0 Å². The Bertz CT molecular complexity index is 1080. The molecule has 0 unspecified atom stereocenters. The number of nitrogens with one attached hydrogen (secondary N) is 1. The van der Waals surface area contributed by atoms with Gasteiger partial charge in [-0.3, -0.25) is 15.5 Å². The summed E-state index contributed by atoms with van der Waals surface area (Å²) in [7, 11) is -3.82. The van der Waals surface area contributed by atoms with Gasteiger partial charge in [-0.2, -0.15) is 9.41 Å². The Labute approximate surface area is 168 Å². The number of fused-ring (bicyclic) bond motifs is 1. The number of morpholine rings is 1. The van der Waals surface area contributed by atoms with Gasteiger partial charge in [-0.1, -0.05) is 24.3 Å². The molecular formula is C19H20N4O5S. The van der Waals surface area contributed by atoms with Crippen molar-refractivity contribution in [3.05, 3.63) is 63.7 Å². The van der Waals surface area contributed by atoms with Crippen LogP contribution in [0.4, 0.5) is 11.4 Å². The van der Waals surface area contributed by atoms with Gasteiger partial charge in [-0.25, -0.2) is 8.42 Å². The number of nitrogens with zero attached hydrogens (tertiary/aromatic N) is 3. The van der Waals surface area contributed by atoms with Crippen LogP contribution in [0, 0.1) is 10.1 Å². The van der Waals surface area contributed by atoms with E-state index in [1.165, 1.54) is 22.0 Å². The lowest BCUT2D eigenvalue weighted by Gasteiger charge is -2.26. The molecule has 4 rings (SSSR count). The van der Waals surface area contributed by atoms with E-state index in [2.05, 4.69) is 10.5 Å². The molecule has 2 aromatic rings. The molecule has 10 heteroatoms. The maximum absolute atomic E-state index is 12.8. The smallest absolute Gasteiger partial charge is 0.295 e. The number of hydrogen-bond acceptors (Lipinski definition) is 7. The predicted octanol–water partition coefficient (Wildman–Crippen LogP) is 2.38. The first-order valence-corrected chi connectivity index (χ1v) is 10.7. The summed E-state index contributed by atoms with van der Waals surface area (Å²) in [5.41, 5.74) is 5.59. The maximum Gasteiger partial charge on any atom is 0.295 e. The Hall–Kier alpha value is -2.82. The topological polar surface area (TPSA) is 114 Å². The molecule has 9 nitrogen and oxygen atoms in total. The van der Waals surface area contributed by atoms with E-state index in [0.29, 0.717) is 13.2 Å². The van der Waals surface area contributed by atoms with Gasteiger partial charge in [0.1, 0.15) is 5.69 Å². The lowest BCUT2D eigenvalue weighted by molar-refractivity contribution is -0.384. The zero-order chi connectivity index (χ0) is 20.4. The fourth-order valence-electron chi connectivity index (χ4n) is 3.50. The second kappa shape index (κ2) is 7.90. The number of rotatable bonds is 5. The average Bonchev–Trinajstić information content (AvgIpc) is 3.16. The Morgan fingerprint density at radius 3 is 2.62 bits per heavy atom. The lowest BCUT2D eigenvalue weighted by Crippen LogP contribution is -2.40. The number of ether oxygens (including phenoxy) is 1. The van der Waals surface area contributed by atoms with Crippen LogP contribution in [0.15, 0.2) is 52.5 Å². The van der Waals surface area contributed by atoms with Crippen LogP contribution in [0.5, 0.6) is 0 Å². The van der Waals surface area contributed by atoms with Gasteiger partial charge in [0.25, 0.3) is 5.69 Å². The van der Waals surface area contributed by atoms with E-state index in [4.69, 9.17) is 4.74 Å². The van der Waals surface area contributed by atoms with Crippen molar-refractivity contribution in [1.82, 2.24) is 4.31 Å². The first kappa shape index (κ1) is 19.5. The number of benzene rings is 2. The monoisotopic (exact) mass is 416 g/mol. The Morgan fingerprint density at radius 1 is 1.10 bits per heavy atom. The normalized spacial score (nSPS) is 18.6. The van der Waals surface area contributed by atoms with Crippen LogP contribution < -0.4 is 5.43 Å². The van der Waals surface area contributed by atoms with E-state index < -0.39 is 14.9 Å². The number of nitro groups is 1. The van der Waals surface area contributed by atoms with Gasteiger partial charge in [-0.05, 0) is 30.5 Å². The summed E-state index contributed by atoms with van der Waals surface area (Å²) in [5, 5.41) is 15.9. The minimum absolute atomic E-state index is 0.115. The first-order valence-electron chi connectivity index (χ1n) is 9.24. The molecule has 1 aliphatic carbocycles. The molecular weight excluding hydrogens is 396 g/mol. The van der Waals surface area contributed by atoms with Crippen molar-refractivity contribution in [2.24, 2.45) is 5.10 Å². The van der Waals surface area contributed by atoms with Gasteiger partial charge in [0.05, 0.1) is 28.7 Å². The predicted molar refractivity (Wildman–Crippen MR) is 108 cm³/mol. The molecule has 29 heavy (non-hydrogen) atoms. The minimum Gasteiger partial charge on any atom is -0.379 e. The summed E-state index contributed by atoms with van der Waals surface area (Å²) in [6, 6.07) is 11.7. The standard InChI is InChI=1S/C19H20N4O5S/c24-23(25)19-13-15(29(26,27)22-9-11-28-12-10-22)6-8-18(19)21-20-17-7-5-14-3-1-2-4-16(14)17/h1-4,6,8,13,21H,5,7,9-12H2/b20-17-. The second-order valence-corrected chi connectivity index (χ2v) is 8.72. The van der Waals surface area contributed by atoms with Gasteiger partial charge in [0, 0.05) is 24.7 Å². The number of anilines is 1. The molecule has 2 aliphatic rings. The van der Waals surface area contributed by atoms with Crippen LogP contribution in [0.25, 0.3) is 0 Å². The molecule has 1 saturated heterocycles. The van der Waals surface area contributed by atoms with Crippen LogP contribution in [-0.4, -0.2) is 49.7 Å². The highest BCUT2D eigenvalue weighted by Crippen LogP contribution is 2.30. The first-order chi connectivity index (χ1) is 14.0. The Kier molecular flexibility index (Phi) is 5.31. The minimum atomic E-state index is -3.82. The third kappa shape index (κ3) is 3.86. The summed E-state index contributed by atoms with van der Waals surface area (Å²) in [4.78, 5) is 10.8. The molecule has 1 fully saturated rings. The molecule has 0 spiro atoms. The fourth-order valence-corrected chi connectivity index (χ4v) is 4.93. The SMILES string of the molecule is O=[N+]([O-])c1cc(S(=O)(=O)N2CCOCC2)ccc1N/N=C1/CCc2ccccc21. The second-order valence-electron chi connectivity index (χ2n) is 6.78. The van der Waals surface area contributed by atoms with Crippen molar-refractivity contribution in [3.8, 4) is 0 Å². The van der Waals surface area contributed by atoms with E-state index in [1.54, 1.807) is 0 Å². The van der Waals surface area contributed by atoms with Gasteiger partial charge in [0.2, 0.25) is 10.0 Å². The number of aryl methyl sites for hydroxylation is 1. The number of hydrogen-bond donors (Lipinski definition) is 1. The maximum atomic E-state index is 12.8. The Morgan fingerprint density at radius 2 is 1.86 bits per heavy atom. The molecule has 2 aromatic carbocycles. The summed E-state index contributed by atoms with van der Waals surface area (Å²) in [6.07, 6.45) is 1.61. The van der Waals surface area contributed by atoms with Gasteiger partial charge >= 0.3 is 0 Å². The molecule has 0 aromatic heterocycles. The molecule has 0 amide bonds. The van der Waals surface area contributed by atoms with E-state index in [-0.39, 0.29) is 29.4 Å². The highest BCUT2D eigenvalue weighted by atomic mass is 32.2. The van der Waals surface area contributed by atoms with Crippen LogP contribution in [0.3, 0.4) is 0 Å². The fraction of sp³-hybridized carbons (Fsp3) is 0.316. The molecule has 0 atom stereocenters. The van der Waals surface area contributed by atoms with Crippen LogP contribution >= 0.6 is 0 Å². The third-order valence-corrected chi connectivity index (χ3v) is 6.94. The van der Waals surface area contributed by atoms with Crippen molar-refractivity contribution in [3.63, 3.8) is 0 Å². The van der Waals surface area contributed by atoms with E-state index >= 15 is 0 Å². The summed E-state index contributed by atoms with van der Waals surface area (Å²) >= 11 is 0. The summed E-state index contributed by atoms with van der Waals surface area (Å²) in [6.45, 7) is 1.06. The van der Waals surface area contributed by atoms with Gasteiger partial charge in [-0.15, -0.1) is 0 Å². The number of sulfonamides is 1. The number of hydrazone groups is 1. The molecule has 1 heterocycles. The zero-order valence-electron chi connectivity index (χ0n) is 15.6. The summed E-state index contributed by atoms with van der Waals surface area (Å²) in [5.74, 6) is 0. The van der Waals surface area contributed by atoms with E-state index in [1.807, 2.05) is 24.3 Å². The molecule has 1 aliphatic heterocycles. The summed E-state index contributed by atoms with van der Waals surface area (Å²) < 4.78 is 32.0. The third-order valence-electron chi connectivity index (χ3n) is 5.04. The van der Waals surface area contributed by atoms with E-state index in [0.717, 1.165) is 30.2 Å². The largest absolute Gasteiger partial charge is 0.379 e. The lowest BCUT2D eigenvalue weighted by atomic mass is 10.1. The molecule has 1 N–H and O–H groups in total. The molecule has 152 valence electrons. The van der Waals surface area contributed by atoms with Crippen molar-refractivity contribution < 1.29 is 18.1 Å². The highest BCUT2D eigenvalue weighted by Gasteiger charge is 2.29. The molecule has 0 radical (unpaired) electrons. The van der Waals surface area contributed by atoms with Crippen molar-refractivity contribution in [2.75, 3.05) is 31.7 Å². The Balaban J connectivity index is 1.62. The average molecular weight is 416 g/mol. The van der Waals surface area contributed by atoms with E-state index in [9.17, 15) is 18.5 Å². The molecule has 0 saturated carbocycles. The van der Waals surface area contributed by atoms with Crippen molar-refractivity contribution in [2.45, 2.75) is 17.7 Å².